The van der Waals surface area contributed by atoms with Crippen LogP contribution in [0.1, 0.15) is 5.56 Å². The number of rotatable bonds is 3. The van der Waals surface area contributed by atoms with Crippen LogP contribution in [0.3, 0.4) is 0 Å². The smallest absolute Gasteiger partial charge is 0.259 e. The molecule has 2 nitrogen and oxygen atoms in total. The number of aromatic nitrogens is 1. The van der Waals surface area contributed by atoms with Crippen molar-refractivity contribution >= 4 is 28.4 Å². The lowest BCUT2D eigenvalue weighted by Crippen LogP contribution is -2.20. The normalized spacial score (nSPS) is 11.3. The fourth-order valence-electron chi connectivity index (χ4n) is 2.29. The van der Waals surface area contributed by atoms with Crippen molar-refractivity contribution in [3.05, 3.63) is 87.8 Å². The quantitative estimate of drug-likeness (QED) is 0.658. The Morgan fingerprint density at radius 1 is 1.00 bits per heavy atom. The van der Waals surface area contributed by atoms with Gasteiger partial charge in [-0.25, -0.2) is 0 Å². The number of nitrogens with zero attached hydrogens (tertiary/aromatic N) is 1. The van der Waals surface area contributed by atoms with E-state index < -0.39 is 0 Å². The van der Waals surface area contributed by atoms with Crippen molar-refractivity contribution in [1.29, 1.82) is 0 Å². The van der Waals surface area contributed by atoms with E-state index in [0.29, 0.717) is 17.1 Å². The van der Waals surface area contributed by atoms with E-state index in [1.54, 1.807) is 4.57 Å². The molecule has 0 aliphatic carbocycles. The predicted molar refractivity (Wildman–Crippen MR) is 88.7 cm³/mol. The zero-order valence-electron chi connectivity index (χ0n) is 11.4. The van der Waals surface area contributed by atoms with Crippen LogP contribution in [0.15, 0.2) is 71.5 Å². The van der Waals surface area contributed by atoms with Gasteiger partial charge in [-0.1, -0.05) is 72.3 Å². The van der Waals surface area contributed by atoms with E-state index >= 15 is 0 Å². The van der Waals surface area contributed by atoms with Gasteiger partial charge in [0, 0.05) is 11.9 Å². The van der Waals surface area contributed by atoms with Crippen molar-refractivity contribution in [3.8, 4) is 0 Å². The highest BCUT2D eigenvalue weighted by Crippen LogP contribution is 2.15. The second kappa shape index (κ2) is 5.98. The molecule has 0 spiro atoms. The Morgan fingerprint density at radius 2 is 1.71 bits per heavy atom. The fourth-order valence-corrected chi connectivity index (χ4v) is 2.56. The highest BCUT2D eigenvalue weighted by molar-refractivity contribution is 6.30. The molecule has 3 heteroatoms. The van der Waals surface area contributed by atoms with Crippen molar-refractivity contribution in [3.63, 3.8) is 0 Å². The third-order valence-electron chi connectivity index (χ3n) is 3.37. The monoisotopic (exact) mass is 295 g/mol. The molecule has 0 saturated heterocycles. The molecule has 21 heavy (non-hydrogen) atoms. The molecule has 0 unspecified atom stereocenters. The molecule has 0 N–H and O–H groups in total. The largest absolute Gasteiger partial charge is 0.295 e. The fraction of sp³-hybridized carbons (Fsp3) is 0.0556. The van der Waals surface area contributed by atoms with Crippen molar-refractivity contribution in [2.75, 3.05) is 0 Å². The van der Waals surface area contributed by atoms with Gasteiger partial charge >= 0.3 is 0 Å². The number of hydrogen-bond donors (Lipinski definition) is 0. The first kappa shape index (κ1) is 13.7. The van der Waals surface area contributed by atoms with Gasteiger partial charge < -0.3 is 0 Å². The predicted octanol–water partition coefficient (Wildman–Crippen LogP) is 4.37. The average Bonchev–Trinajstić information content (AvgIpc) is 2.51. The van der Waals surface area contributed by atoms with Gasteiger partial charge in [0.15, 0.2) is 0 Å². The van der Waals surface area contributed by atoms with Crippen LogP contribution in [0, 0.1) is 0 Å². The van der Waals surface area contributed by atoms with Crippen LogP contribution in [-0.2, 0) is 6.54 Å². The lowest BCUT2D eigenvalue weighted by Gasteiger charge is -2.07. The van der Waals surface area contributed by atoms with Gasteiger partial charge in [-0.3, -0.25) is 9.36 Å². The third kappa shape index (κ3) is 2.91. The van der Waals surface area contributed by atoms with Gasteiger partial charge in [-0.2, -0.15) is 0 Å². The van der Waals surface area contributed by atoms with Crippen LogP contribution in [0.4, 0.5) is 0 Å². The summed E-state index contributed by atoms with van der Waals surface area (Å²) in [7, 11) is 0. The Labute approximate surface area is 127 Å². The highest BCUT2D eigenvalue weighted by atomic mass is 35.5. The molecule has 104 valence electrons. The Bertz CT molecular complexity index is 850. The number of fused-ring (bicyclic) bond motifs is 1. The first-order valence-electron chi connectivity index (χ1n) is 6.75. The van der Waals surface area contributed by atoms with E-state index in [1.165, 1.54) is 0 Å². The molecular formula is C18H14ClNO. The molecule has 0 saturated carbocycles. The zero-order chi connectivity index (χ0) is 14.7. The molecule has 1 aromatic heterocycles. The van der Waals surface area contributed by atoms with Crippen LogP contribution in [0.2, 0.25) is 5.15 Å². The number of benzene rings is 2. The molecule has 3 rings (SSSR count). The standard InChI is InChI=1S/C18H14ClNO/c19-17-13-15-10-4-5-11-16(15)18(21)20(17)12-6-9-14-7-2-1-3-8-14/h1-11,13H,12H2/b9-6+. The van der Waals surface area contributed by atoms with E-state index in [2.05, 4.69) is 0 Å². The molecule has 0 amide bonds. The van der Waals surface area contributed by atoms with E-state index in [0.717, 1.165) is 10.9 Å². The minimum absolute atomic E-state index is 0.0594. The van der Waals surface area contributed by atoms with Gasteiger partial charge in [0.05, 0.1) is 0 Å². The average molecular weight is 296 g/mol. The maximum Gasteiger partial charge on any atom is 0.259 e. The summed E-state index contributed by atoms with van der Waals surface area (Å²) in [6.45, 7) is 0.456. The van der Waals surface area contributed by atoms with E-state index in [4.69, 9.17) is 11.6 Å². The third-order valence-corrected chi connectivity index (χ3v) is 3.68. The second-order valence-corrected chi connectivity index (χ2v) is 5.17. The Kier molecular flexibility index (Phi) is 3.89. The SMILES string of the molecule is O=c1c2ccccc2cc(Cl)n1C/C=C/c1ccccc1. The zero-order valence-corrected chi connectivity index (χ0v) is 12.1. The number of halogens is 1. The molecule has 0 fully saturated rings. The van der Waals surface area contributed by atoms with Crippen LogP contribution >= 0.6 is 11.6 Å². The van der Waals surface area contributed by atoms with Crippen molar-refractivity contribution < 1.29 is 0 Å². The van der Waals surface area contributed by atoms with E-state index in [9.17, 15) is 4.79 Å². The maximum absolute atomic E-state index is 12.4. The minimum Gasteiger partial charge on any atom is -0.295 e. The Balaban J connectivity index is 1.94. The van der Waals surface area contributed by atoms with Crippen molar-refractivity contribution in [2.45, 2.75) is 6.54 Å². The summed E-state index contributed by atoms with van der Waals surface area (Å²) in [5.41, 5.74) is 1.04. The van der Waals surface area contributed by atoms with Crippen LogP contribution in [0.5, 0.6) is 0 Å². The van der Waals surface area contributed by atoms with Gasteiger partial charge in [-0.15, -0.1) is 0 Å². The van der Waals surface area contributed by atoms with Gasteiger partial charge in [0.2, 0.25) is 0 Å². The van der Waals surface area contributed by atoms with E-state index in [-0.39, 0.29) is 5.56 Å². The summed E-state index contributed by atoms with van der Waals surface area (Å²) in [4.78, 5) is 12.4. The lowest BCUT2D eigenvalue weighted by atomic mass is 10.2. The number of allylic oxidation sites excluding steroid dienone is 1. The molecule has 2 aromatic carbocycles. The molecule has 0 aliphatic rings. The molecule has 0 bridgehead atoms. The maximum atomic E-state index is 12.4. The molecule has 1 heterocycles. The van der Waals surface area contributed by atoms with Crippen molar-refractivity contribution in [2.24, 2.45) is 0 Å². The summed E-state index contributed by atoms with van der Waals surface area (Å²) >= 11 is 6.22. The first-order chi connectivity index (χ1) is 10.3. The van der Waals surface area contributed by atoms with Gasteiger partial charge in [0.1, 0.15) is 5.15 Å². The Hall–Kier alpha value is -2.32. The van der Waals surface area contributed by atoms with Gasteiger partial charge in [0.25, 0.3) is 5.56 Å². The summed E-state index contributed by atoms with van der Waals surface area (Å²) < 4.78 is 1.57. The van der Waals surface area contributed by atoms with E-state index in [1.807, 2.05) is 72.8 Å². The van der Waals surface area contributed by atoms with Crippen LogP contribution in [0.25, 0.3) is 16.8 Å². The second-order valence-electron chi connectivity index (χ2n) is 4.78. The summed E-state index contributed by atoms with van der Waals surface area (Å²) in [6, 6.07) is 19.3. The molecule has 0 atom stereocenters. The minimum atomic E-state index is -0.0594. The molecule has 3 aromatic rings. The summed E-state index contributed by atoms with van der Waals surface area (Å²) in [5.74, 6) is 0. The Morgan fingerprint density at radius 3 is 2.52 bits per heavy atom. The summed E-state index contributed by atoms with van der Waals surface area (Å²) in [5, 5.41) is 2.02. The van der Waals surface area contributed by atoms with Crippen LogP contribution in [-0.4, -0.2) is 4.57 Å². The molecule has 0 aliphatic heterocycles. The highest BCUT2D eigenvalue weighted by Gasteiger charge is 2.05. The summed E-state index contributed by atoms with van der Waals surface area (Å²) in [6.07, 6.45) is 3.93. The van der Waals surface area contributed by atoms with Crippen molar-refractivity contribution in [1.82, 2.24) is 4.57 Å². The lowest BCUT2D eigenvalue weighted by molar-refractivity contribution is 0.792. The van der Waals surface area contributed by atoms with Crippen LogP contribution < -0.4 is 5.56 Å². The topological polar surface area (TPSA) is 22.0 Å². The number of pyridine rings is 1. The first-order valence-corrected chi connectivity index (χ1v) is 7.13. The number of hydrogen-bond acceptors (Lipinski definition) is 1. The molecule has 0 radical (unpaired) electrons. The van der Waals surface area contributed by atoms with Gasteiger partial charge in [-0.05, 0) is 23.1 Å². The molecular weight excluding hydrogens is 282 g/mol.